The summed E-state index contributed by atoms with van der Waals surface area (Å²) in [6.45, 7) is 3.81. The standard InChI is InChI=1S/C7H13N3O2/c1-7(2,3-4-11)10-5-8-9-6(10)12/h5,11H,3-4H2,1-2H3,(H,9,12). The highest BCUT2D eigenvalue weighted by atomic mass is 16.3. The molecule has 68 valence electrons. The second-order valence-corrected chi connectivity index (χ2v) is 3.32. The third-order valence-electron chi connectivity index (χ3n) is 1.93. The Balaban J connectivity index is 2.96. The smallest absolute Gasteiger partial charge is 0.343 e. The number of aliphatic hydroxyl groups excluding tert-OH is 1. The van der Waals surface area contributed by atoms with Gasteiger partial charge in [0.05, 0.1) is 0 Å². The lowest BCUT2D eigenvalue weighted by atomic mass is 10.0. The van der Waals surface area contributed by atoms with Crippen LogP contribution in [-0.4, -0.2) is 26.5 Å². The van der Waals surface area contributed by atoms with Crippen LogP contribution in [0.2, 0.25) is 0 Å². The number of hydrogen-bond donors (Lipinski definition) is 2. The van der Waals surface area contributed by atoms with E-state index in [1.54, 1.807) is 0 Å². The summed E-state index contributed by atoms with van der Waals surface area (Å²) in [5.41, 5.74) is -0.618. The van der Waals surface area contributed by atoms with Gasteiger partial charge in [0.15, 0.2) is 0 Å². The molecule has 0 bridgehead atoms. The number of rotatable bonds is 3. The van der Waals surface area contributed by atoms with E-state index in [4.69, 9.17) is 5.11 Å². The first-order chi connectivity index (χ1) is 5.58. The van der Waals surface area contributed by atoms with Crippen molar-refractivity contribution in [3.63, 3.8) is 0 Å². The Kier molecular flexibility index (Phi) is 2.32. The predicted molar refractivity (Wildman–Crippen MR) is 43.9 cm³/mol. The van der Waals surface area contributed by atoms with Gasteiger partial charge in [0.2, 0.25) is 0 Å². The van der Waals surface area contributed by atoms with Crippen molar-refractivity contribution in [2.24, 2.45) is 0 Å². The third-order valence-corrected chi connectivity index (χ3v) is 1.93. The maximum Gasteiger partial charge on any atom is 0.343 e. The fourth-order valence-corrected chi connectivity index (χ4v) is 1.07. The van der Waals surface area contributed by atoms with Crippen LogP contribution in [0.15, 0.2) is 11.1 Å². The first kappa shape index (κ1) is 8.99. The summed E-state index contributed by atoms with van der Waals surface area (Å²) in [5, 5.41) is 14.7. The largest absolute Gasteiger partial charge is 0.396 e. The Hall–Kier alpha value is -1.10. The number of hydrogen-bond acceptors (Lipinski definition) is 3. The van der Waals surface area contributed by atoms with Gasteiger partial charge in [0.1, 0.15) is 6.33 Å². The monoisotopic (exact) mass is 171 g/mol. The van der Waals surface area contributed by atoms with Gasteiger partial charge in [-0.1, -0.05) is 0 Å². The molecule has 5 heteroatoms. The molecule has 0 aromatic carbocycles. The third kappa shape index (κ3) is 1.55. The fourth-order valence-electron chi connectivity index (χ4n) is 1.07. The number of aromatic amines is 1. The van der Waals surface area contributed by atoms with Crippen molar-refractivity contribution in [3.05, 3.63) is 16.8 Å². The minimum atomic E-state index is -0.376. The minimum absolute atomic E-state index is 0.0601. The van der Waals surface area contributed by atoms with Crippen molar-refractivity contribution in [3.8, 4) is 0 Å². The summed E-state index contributed by atoms with van der Waals surface area (Å²) in [6, 6.07) is 0. The topological polar surface area (TPSA) is 70.9 Å². The molecule has 0 spiro atoms. The lowest BCUT2D eigenvalue weighted by Gasteiger charge is -2.23. The lowest BCUT2D eigenvalue weighted by molar-refractivity contribution is 0.210. The van der Waals surface area contributed by atoms with Crippen LogP contribution in [-0.2, 0) is 5.54 Å². The minimum Gasteiger partial charge on any atom is -0.396 e. The van der Waals surface area contributed by atoms with E-state index in [-0.39, 0.29) is 17.8 Å². The molecule has 2 N–H and O–H groups in total. The molecule has 5 nitrogen and oxygen atoms in total. The molecule has 1 aromatic heterocycles. The molecular weight excluding hydrogens is 158 g/mol. The Morgan fingerprint density at radius 2 is 2.42 bits per heavy atom. The SMILES string of the molecule is CC(C)(CCO)n1cn[nH]c1=O. The summed E-state index contributed by atoms with van der Waals surface area (Å²) in [6.07, 6.45) is 1.98. The first-order valence-corrected chi connectivity index (χ1v) is 3.81. The molecule has 0 amide bonds. The number of aliphatic hydroxyl groups is 1. The molecule has 0 saturated heterocycles. The van der Waals surface area contributed by atoms with Crippen molar-refractivity contribution in [1.82, 2.24) is 14.8 Å². The van der Waals surface area contributed by atoms with E-state index in [1.807, 2.05) is 13.8 Å². The quantitative estimate of drug-likeness (QED) is 0.655. The maximum atomic E-state index is 11.1. The molecule has 0 aliphatic heterocycles. The maximum absolute atomic E-state index is 11.1. The van der Waals surface area contributed by atoms with Crippen LogP contribution >= 0.6 is 0 Å². The summed E-state index contributed by atoms with van der Waals surface area (Å²) >= 11 is 0. The zero-order valence-corrected chi connectivity index (χ0v) is 7.24. The van der Waals surface area contributed by atoms with Crippen molar-refractivity contribution < 1.29 is 5.11 Å². The molecule has 12 heavy (non-hydrogen) atoms. The van der Waals surface area contributed by atoms with Gasteiger partial charge < -0.3 is 5.11 Å². The highest BCUT2D eigenvalue weighted by Crippen LogP contribution is 2.15. The zero-order chi connectivity index (χ0) is 9.19. The van der Waals surface area contributed by atoms with Gasteiger partial charge in [0.25, 0.3) is 0 Å². The Bertz CT molecular complexity index is 300. The van der Waals surface area contributed by atoms with Gasteiger partial charge in [-0.25, -0.2) is 9.89 Å². The van der Waals surface area contributed by atoms with E-state index in [0.717, 1.165) is 0 Å². The highest BCUT2D eigenvalue weighted by Gasteiger charge is 2.21. The average Bonchev–Trinajstić information content (AvgIpc) is 2.35. The van der Waals surface area contributed by atoms with Crippen LogP contribution in [0.4, 0.5) is 0 Å². The average molecular weight is 171 g/mol. The van der Waals surface area contributed by atoms with Crippen molar-refractivity contribution in [1.29, 1.82) is 0 Å². The van der Waals surface area contributed by atoms with Crippen molar-refractivity contribution in [2.45, 2.75) is 25.8 Å². The molecule has 0 unspecified atom stereocenters. The van der Waals surface area contributed by atoms with Gasteiger partial charge in [0, 0.05) is 12.1 Å². The predicted octanol–water partition coefficient (Wildman–Crippen LogP) is -0.311. The van der Waals surface area contributed by atoms with E-state index in [0.29, 0.717) is 6.42 Å². The number of aromatic nitrogens is 3. The molecule has 0 aliphatic rings. The Morgan fingerprint density at radius 3 is 2.83 bits per heavy atom. The second kappa shape index (κ2) is 3.10. The summed E-state index contributed by atoms with van der Waals surface area (Å²) in [4.78, 5) is 11.1. The molecule has 1 aromatic rings. The van der Waals surface area contributed by atoms with Crippen LogP contribution in [0.3, 0.4) is 0 Å². The molecule has 0 aliphatic carbocycles. The summed E-state index contributed by atoms with van der Waals surface area (Å²) < 4.78 is 1.48. The van der Waals surface area contributed by atoms with Gasteiger partial charge in [-0.3, -0.25) is 4.57 Å². The molecular formula is C7H13N3O2. The van der Waals surface area contributed by atoms with Gasteiger partial charge in [-0.2, -0.15) is 5.10 Å². The first-order valence-electron chi connectivity index (χ1n) is 3.81. The van der Waals surface area contributed by atoms with E-state index in [9.17, 15) is 4.79 Å². The molecule has 1 rings (SSSR count). The molecule has 0 fully saturated rings. The van der Waals surface area contributed by atoms with E-state index < -0.39 is 0 Å². The summed E-state index contributed by atoms with van der Waals surface area (Å²) in [7, 11) is 0. The van der Waals surface area contributed by atoms with Gasteiger partial charge >= 0.3 is 5.69 Å². The fraction of sp³-hybridized carbons (Fsp3) is 0.714. The van der Waals surface area contributed by atoms with Crippen LogP contribution < -0.4 is 5.69 Å². The molecule has 0 saturated carbocycles. The number of nitrogens with one attached hydrogen (secondary N) is 1. The normalized spacial score (nSPS) is 11.9. The van der Waals surface area contributed by atoms with Crippen LogP contribution in [0.5, 0.6) is 0 Å². The second-order valence-electron chi connectivity index (χ2n) is 3.32. The van der Waals surface area contributed by atoms with Crippen LogP contribution in [0.1, 0.15) is 20.3 Å². The lowest BCUT2D eigenvalue weighted by Crippen LogP contribution is -2.35. The van der Waals surface area contributed by atoms with Crippen molar-refractivity contribution >= 4 is 0 Å². The molecule has 1 heterocycles. The number of H-pyrrole nitrogens is 1. The zero-order valence-electron chi connectivity index (χ0n) is 7.24. The van der Waals surface area contributed by atoms with E-state index in [2.05, 4.69) is 10.2 Å². The highest BCUT2D eigenvalue weighted by molar-refractivity contribution is 4.80. The molecule has 0 atom stereocenters. The van der Waals surface area contributed by atoms with Crippen LogP contribution in [0, 0.1) is 0 Å². The van der Waals surface area contributed by atoms with E-state index >= 15 is 0 Å². The Morgan fingerprint density at radius 1 is 1.75 bits per heavy atom. The number of nitrogens with zero attached hydrogens (tertiary/aromatic N) is 2. The summed E-state index contributed by atoms with van der Waals surface area (Å²) in [5.74, 6) is 0. The molecule has 0 radical (unpaired) electrons. The van der Waals surface area contributed by atoms with Crippen LogP contribution in [0.25, 0.3) is 0 Å². The van der Waals surface area contributed by atoms with Gasteiger partial charge in [-0.15, -0.1) is 0 Å². The van der Waals surface area contributed by atoms with Crippen molar-refractivity contribution in [2.75, 3.05) is 6.61 Å². The Labute approximate surface area is 70.0 Å². The van der Waals surface area contributed by atoms with E-state index in [1.165, 1.54) is 10.9 Å². The van der Waals surface area contributed by atoms with Gasteiger partial charge in [-0.05, 0) is 20.3 Å².